The highest BCUT2D eigenvalue weighted by Crippen LogP contribution is 2.30. The number of nitrogens with zero attached hydrogens (tertiary/aromatic N) is 3. The molecule has 0 saturated heterocycles. The molecule has 4 rings (SSSR count). The van der Waals surface area contributed by atoms with Crippen molar-refractivity contribution >= 4 is 28.2 Å². The first-order valence-electron chi connectivity index (χ1n) is 8.00. The van der Waals surface area contributed by atoms with E-state index in [0.717, 1.165) is 16.8 Å². The normalized spacial score (nSPS) is 11.0. The molecule has 0 aliphatic rings. The van der Waals surface area contributed by atoms with E-state index in [9.17, 15) is 4.79 Å². The van der Waals surface area contributed by atoms with Gasteiger partial charge >= 0.3 is 0 Å². The fraction of sp³-hybridized carbons (Fsp3) is 0.105. The number of nitrogens with one attached hydrogen (secondary N) is 1. The van der Waals surface area contributed by atoms with Crippen LogP contribution in [0.3, 0.4) is 0 Å². The molecule has 2 aromatic carbocycles. The second-order valence-electron chi connectivity index (χ2n) is 5.83. The average Bonchev–Trinajstić information content (AvgIpc) is 3.19. The first-order chi connectivity index (χ1) is 12.7. The summed E-state index contributed by atoms with van der Waals surface area (Å²) in [7, 11) is 1.80. The van der Waals surface area contributed by atoms with E-state index in [1.807, 2.05) is 18.2 Å². The van der Waals surface area contributed by atoms with E-state index in [-0.39, 0.29) is 5.56 Å². The van der Waals surface area contributed by atoms with Gasteiger partial charge in [-0.15, -0.1) is 0 Å². The third kappa shape index (κ3) is 2.95. The maximum Gasteiger partial charge on any atom is 0.261 e. The number of halogens is 1. The van der Waals surface area contributed by atoms with Crippen LogP contribution in [0.15, 0.2) is 64.5 Å². The Balaban J connectivity index is 1.81. The summed E-state index contributed by atoms with van der Waals surface area (Å²) in [6, 6.07) is 11.0. The summed E-state index contributed by atoms with van der Waals surface area (Å²) in [5.41, 5.74) is 3.06. The van der Waals surface area contributed by atoms with Gasteiger partial charge in [0.15, 0.2) is 12.2 Å². The molecular formula is C19H15ClN4O2. The smallest absolute Gasteiger partial charge is 0.261 e. The Morgan fingerprint density at radius 3 is 2.73 bits per heavy atom. The lowest BCUT2D eigenvalue weighted by Crippen LogP contribution is -2.21. The molecule has 0 amide bonds. The highest BCUT2D eigenvalue weighted by molar-refractivity contribution is 6.30. The SMILES string of the molecule is CNc1cc2c(=O)n(Cc3ccc(Cl)cc3)cnc2cc1-c1cnco1. The zero-order valence-corrected chi connectivity index (χ0v) is 14.7. The standard InChI is InChI=1S/C19H15ClN4O2/c1-21-16-7-15-17(6-14(16)18-8-22-11-26-18)23-10-24(19(15)25)9-12-2-4-13(20)5-3-12/h2-8,10-11,21H,9H2,1H3. The fourth-order valence-electron chi connectivity index (χ4n) is 2.86. The molecule has 0 aliphatic heterocycles. The highest BCUT2D eigenvalue weighted by Gasteiger charge is 2.13. The Morgan fingerprint density at radius 2 is 2.04 bits per heavy atom. The van der Waals surface area contributed by atoms with Gasteiger partial charge in [-0.2, -0.15) is 0 Å². The molecule has 0 bridgehead atoms. The second-order valence-corrected chi connectivity index (χ2v) is 6.27. The van der Waals surface area contributed by atoms with E-state index in [1.165, 1.54) is 6.39 Å². The molecule has 2 aromatic heterocycles. The molecule has 7 heteroatoms. The highest BCUT2D eigenvalue weighted by atomic mass is 35.5. The Bertz CT molecular complexity index is 1120. The molecule has 0 saturated carbocycles. The number of rotatable bonds is 4. The molecular weight excluding hydrogens is 352 g/mol. The van der Waals surface area contributed by atoms with Crippen LogP contribution in [0.4, 0.5) is 5.69 Å². The molecule has 1 N–H and O–H groups in total. The van der Waals surface area contributed by atoms with Crippen LogP contribution in [0, 0.1) is 0 Å². The number of benzene rings is 2. The first kappa shape index (κ1) is 16.4. The van der Waals surface area contributed by atoms with Crippen molar-refractivity contribution in [2.45, 2.75) is 6.54 Å². The fourth-order valence-corrected chi connectivity index (χ4v) is 2.99. The zero-order chi connectivity index (χ0) is 18.1. The minimum Gasteiger partial charge on any atom is -0.443 e. The Labute approximate surface area is 154 Å². The summed E-state index contributed by atoms with van der Waals surface area (Å²) < 4.78 is 6.96. The predicted molar refractivity (Wildman–Crippen MR) is 102 cm³/mol. The third-order valence-electron chi connectivity index (χ3n) is 4.20. The van der Waals surface area contributed by atoms with Gasteiger partial charge in [0.2, 0.25) is 0 Å². The van der Waals surface area contributed by atoms with Crippen LogP contribution >= 0.6 is 11.6 Å². The summed E-state index contributed by atoms with van der Waals surface area (Å²) in [4.78, 5) is 21.3. The van der Waals surface area contributed by atoms with Crippen LogP contribution < -0.4 is 10.9 Å². The topological polar surface area (TPSA) is 73.0 Å². The molecule has 0 unspecified atom stereocenters. The Kier molecular flexibility index (Phi) is 4.18. The van der Waals surface area contributed by atoms with Crippen molar-refractivity contribution in [1.82, 2.24) is 14.5 Å². The first-order valence-corrected chi connectivity index (χ1v) is 8.38. The van der Waals surface area contributed by atoms with Crippen molar-refractivity contribution in [1.29, 1.82) is 0 Å². The monoisotopic (exact) mass is 366 g/mol. The lowest BCUT2D eigenvalue weighted by atomic mass is 10.1. The lowest BCUT2D eigenvalue weighted by Gasteiger charge is -2.11. The van der Waals surface area contributed by atoms with Crippen LogP contribution in [0.5, 0.6) is 0 Å². The van der Waals surface area contributed by atoms with Gasteiger partial charge in [0.25, 0.3) is 5.56 Å². The summed E-state index contributed by atoms with van der Waals surface area (Å²) in [5, 5.41) is 4.30. The average molecular weight is 367 g/mol. The summed E-state index contributed by atoms with van der Waals surface area (Å²) in [5.74, 6) is 0.614. The molecule has 0 fully saturated rings. The van der Waals surface area contributed by atoms with Gasteiger partial charge in [-0.25, -0.2) is 9.97 Å². The van der Waals surface area contributed by atoms with E-state index in [2.05, 4.69) is 15.3 Å². The van der Waals surface area contributed by atoms with Gasteiger partial charge in [0.1, 0.15) is 0 Å². The molecule has 0 aliphatic carbocycles. The summed E-state index contributed by atoms with van der Waals surface area (Å²) >= 11 is 5.91. The van der Waals surface area contributed by atoms with Crippen molar-refractivity contribution in [3.8, 4) is 11.3 Å². The van der Waals surface area contributed by atoms with Crippen molar-refractivity contribution in [2.24, 2.45) is 0 Å². The summed E-state index contributed by atoms with van der Waals surface area (Å²) in [6.07, 6.45) is 4.56. The van der Waals surface area contributed by atoms with Gasteiger partial charge in [0, 0.05) is 23.3 Å². The van der Waals surface area contributed by atoms with Crippen LogP contribution in [0.1, 0.15) is 5.56 Å². The minimum atomic E-state index is -0.106. The largest absolute Gasteiger partial charge is 0.443 e. The molecule has 6 nitrogen and oxygen atoms in total. The van der Waals surface area contributed by atoms with Gasteiger partial charge in [0.05, 0.1) is 30.0 Å². The van der Waals surface area contributed by atoms with Gasteiger partial charge in [-0.05, 0) is 29.8 Å². The molecule has 0 atom stereocenters. The third-order valence-corrected chi connectivity index (χ3v) is 4.45. The minimum absolute atomic E-state index is 0.106. The number of fused-ring (bicyclic) bond motifs is 1. The number of hydrogen-bond donors (Lipinski definition) is 1. The quantitative estimate of drug-likeness (QED) is 0.594. The van der Waals surface area contributed by atoms with Crippen LogP contribution in [0.2, 0.25) is 5.02 Å². The van der Waals surface area contributed by atoms with Crippen molar-refractivity contribution in [3.63, 3.8) is 0 Å². The number of oxazole rings is 1. The van der Waals surface area contributed by atoms with E-state index >= 15 is 0 Å². The molecule has 0 spiro atoms. The van der Waals surface area contributed by atoms with Crippen molar-refractivity contribution < 1.29 is 4.42 Å². The molecule has 130 valence electrons. The van der Waals surface area contributed by atoms with Gasteiger partial charge < -0.3 is 9.73 Å². The van der Waals surface area contributed by atoms with Crippen LogP contribution in [-0.2, 0) is 6.54 Å². The Hall–Kier alpha value is -3.12. The summed E-state index contributed by atoms with van der Waals surface area (Å²) in [6.45, 7) is 0.428. The van der Waals surface area contributed by atoms with E-state index in [4.69, 9.17) is 16.0 Å². The maximum absolute atomic E-state index is 12.9. The number of anilines is 1. The van der Waals surface area contributed by atoms with Crippen molar-refractivity contribution in [2.75, 3.05) is 12.4 Å². The van der Waals surface area contributed by atoms with Gasteiger partial charge in [-0.3, -0.25) is 9.36 Å². The number of aromatic nitrogens is 3. The second kappa shape index (κ2) is 6.65. The van der Waals surface area contributed by atoms with Gasteiger partial charge in [-0.1, -0.05) is 23.7 Å². The van der Waals surface area contributed by atoms with E-state index < -0.39 is 0 Å². The number of hydrogen-bond acceptors (Lipinski definition) is 5. The van der Waals surface area contributed by atoms with Crippen molar-refractivity contribution in [3.05, 3.63) is 76.3 Å². The van der Waals surface area contributed by atoms with E-state index in [1.54, 1.807) is 42.3 Å². The molecule has 4 aromatic rings. The van der Waals surface area contributed by atoms with Crippen LogP contribution in [-0.4, -0.2) is 21.6 Å². The maximum atomic E-state index is 12.9. The zero-order valence-electron chi connectivity index (χ0n) is 13.9. The molecule has 0 radical (unpaired) electrons. The molecule has 2 heterocycles. The predicted octanol–water partition coefficient (Wildman–Crippen LogP) is 3.79. The van der Waals surface area contributed by atoms with E-state index in [0.29, 0.717) is 28.2 Å². The Morgan fingerprint density at radius 1 is 1.23 bits per heavy atom. The van der Waals surface area contributed by atoms with Crippen LogP contribution in [0.25, 0.3) is 22.2 Å². The molecule has 26 heavy (non-hydrogen) atoms. The lowest BCUT2D eigenvalue weighted by molar-refractivity contribution is 0.572.